The lowest BCUT2D eigenvalue weighted by molar-refractivity contribution is 0.102. The minimum absolute atomic E-state index is 0.199. The normalized spacial score (nSPS) is 10.1. The fourth-order valence-corrected chi connectivity index (χ4v) is 2.00. The van der Waals surface area contributed by atoms with E-state index in [1.807, 2.05) is 42.5 Å². The second-order valence-corrected chi connectivity index (χ2v) is 4.49. The van der Waals surface area contributed by atoms with Crippen molar-refractivity contribution in [2.45, 2.75) is 0 Å². The molecule has 102 valence electrons. The molecule has 0 bridgehead atoms. The Labute approximate surface area is 122 Å². The van der Waals surface area contributed by atoms with Gasteiger partial charge < -0.3 is 5.32 Å². The Morgan fingerprint density at radius 2 is 1.57 bits per heavy atom. The standard InChI is InChI=1S/C17H13N3O/c21-17(20-16-12-18-10-11-19-16)15-8-6-14(7-9-15)13-4-2-1-3-5-13/h1-12H,(H,19,20,21). The maximum absolute atomic E-state index is 12.1. The highest BCUT2D eigenvalue weighted by atomic mass is 16.1. The summed E-state index contributed by atoms with van der Waals surface area (Å²) in [6.45, 7) is 0. The lowest BCUT2D eigenvalue weighted by Crippen LogP contribution is -2.12. The van der Waals surface area contributed by atoms with E-state index in [9.17, 15) is 4.79 Å². The van der Waals surface area contributed by atoms with Gasteiger partial charge in [-0.2, -0.15) is 0 Å². The van der Waals surface area contributed by atoms with E-state index in [1.54, 1.807) is 18.3 Å². The average Bonchev–Trinajstić information content (AvgIpc) is 2.57. The molecule has 1 heterocycles. The van der Waals surface area contributed by atoms with Crippen molar-refractivity contribution >= 4 is 11.7 Å². The van der Waals surface area contributed by atoms with Crippen LogP contribution in [-0.4, -0.2) is 15.9 Å². The molecule has 4 nitrogen and oxygen atoms in total. The highest BCUT2D eigenvalue weighted by Gasteiger charge is 2.07. The first-order chi connectivity index (χ1) is 10.3. The summed E-state index contributed by atoms with van der Waals surface area (Å²) in [5.41, 5.74) is 2.78. The molecule has 0 spiro atoms. The van der Waals surface area contributed by atoms with Crippen LogP contribution in [0.15, 0.2) is 73.2 Å². The third-order valence-corrected chi connectivity index (χ3v) is 3.06. The van der Waals surface area contributed by atoms with Gasteiger partial charge in [0.25, 0.3) is 5.91 Å². The highest BCUT2D eigenvalue weighted by Crippen LogP contribution is 2.19. The van der Waals surface area contributed by atoms with E-state index in [4.69, 9.17) is 0 Å². The van der Waals surface area contributed by atoms with Crippen molar-refractivity contribution in [1.82, 2.24) is 9.97 Å². The summed E-state index contributed by atoms with van der Waals surface area (Å²) in [6.07, 6.45) is 4.61. The van der Waals surface area contributed by atoms with Gasteiger partial charge in [-0.05, 0) is 23.3 Å². The number of nitrogens with one attached hydrogen (secondary N) is 1. The van der Waals surface area contributed by atoms with Crippen LogP contribution in [0.1, 0.15) is 10.4 Å². The minimum atomic E-state index is -0.199. The monoisotopic (exact) mass is 275 g/mol. The second kappa shape index (κ2) is 5.96. The topological polar surface area (TPSA) is 54.9 Å². The number of nitrogens with zero attached hydrogens (tertiary/aromatic N) is 2. The smallest absolute Gasteiger partial charge is 0.256 e. The maximum Gasteiger partial charge on any atom is 0.256 e. The van der Waals surface area contributed by atoms with Gasteiger partial charge in [0, 0.05) is 18.0 Å². The van der Waals surface area contributed by atoms with Gasteiger partial charge in [0.1, 0.15) is 0 Å². The van der Waals surface area contributed by atoms with Crippen LogP contribution in [0.2, 0.25) is 0 Å². The summed E-state index contributed by atoms with van der Waals surface area (Å²) < 4.78 is 0. The van der Waals surface area contributed by atoms with Gasteiger partial charge in [0.15, 0.2) is 5.82 Å². The number of anilines is 1. The second-order valence-electron chi connectivity index (χ2n) is 4.49. The molecule has 1 N–H and O–H groups in total. The molecule has 0 unspecified atom stereocenters. The Hall–Kier alpha value is -3.01. The predicted octanol–water partition coefficient (Wildman–Crippen LogP) is 3.40. The minimum Gasteiger partial charge on any atom is -0.305 e. The Morgan fingerprint density at radius 3 is 2.24 bits per heavy atom. The first-order valence-electron chi connectivity index (χ1n) is 6.56. The Kier molecular flexibility index (Phi) is 3.69. The van der Waals surface area contributed by atoms with Crippen LogP contribution in [0.25, 0.3) is 11.1 Å². The molecular weight excluding hydrogens is 262 g/mol. The molecule has 3 rings (SSSR count). The van der Waals surface area contributed by atoms with Crippen LogP contribution in [0.4, 0.5) is 5.82 Å². The van der Waals surface area contributed by atoms with Crippen LogP contribution < -0.4 is 5.32 Å². The van der Waals surface area contributed by atoms with Gasteiger partial charge in [0.05, 0.1) is 6.20 Å². The molecule has 21 heavy (non-hydrogen) atoms. The average molecular weight is 275 g/mol. The summed E-state index contributed by atoms with van der Waals surface area (Å²) >= 11 is 0. The summed E-state index contributed by atoms with van der Waals surface area (Å²) in [7, 11) is 0. The Balaban J connectivity index is 1.77. The molecule has 0 aliphatic heterocycles. The van der Waals surface area contributed by atoms with Crippen molar-refractivity contribution in [2.24, 2.45) is 0 Å². The molecule has 2 aromatic carbocycles. The molecule has 0 saturated carbocycles. The number of aromatic nitrogens is 2. The van der Waals surface area contributed by atoms with E-state index in [1.165, 1.54) is 12.4 Å². The first-order valence-corrected chi connectivity index (χ1v) is 6.56. The van der Waals surface area contributed by atoms with Gasteiger partial charge in [-0.25, -0.2) is 4.98 Å². The van der Waals surface area contributed by atoms with Gasteiger partial charge in [0.2, 0.25) is 0 Å². The molecule has 0 aliphatic carbocycles. The third kappa shape index (κ3) is 3.12. The molecule has 0 radical (unpaired) electrons. The summed E-state index contributed by atoms with van der Waals surface area (Å²) in [6, 6.07) is 17.5. The zero-order chi connectivity index (χ0) is 14.5. The number of benzene rings is 2. The van der Waals surface area contributed by atoms with Gasteiger partial charge >= 0.3 is 0 Å². The molecular formula is C17H13N3O. The van der Waals surface area contributed by atoms with E-state index in [-0.39, 0.29) is 5.91 Å². The molecule has 3 aromatic rings. The van der Waals surface area contributed by atoms with E-state index in [2.05, 4.69) is 15.3 Å². The molecule has 1 amide bonds. The SMILES string of the molecule is O=C(Nc1cnccn1)c1ccc(-c2ccccc2)cc1. The van der Waals surface area contributed by atoms with Crippen LogP contribution in [0.3, 0.4) is 0 Å². The first kappa shape index (κ1) is 13.0. The van der Waals surface area contributed by atoms with Crippen molar-refractivity contribution < 1.29 is 4.79 Å². The number of amides is 1. The van der Waals surface area contributed by atoms with Crippen LogP contribution in [0.5, 0.6) is 0 Å². The third-order valence-electron chi connectivity index (χ3n) is 3.06. The highest BCUT2D eigenvalue weighted by molar-refractivity contribution is 6.03. The molecule has 0 saturated heterocycles. The van der Waals surface area contributed by atoms with Crippen molar-refractivity contribution in [3.05, 3.63) is 78.8 Å². The Bertz CT molecular complexity index is 725. The zero-order valence-corrected chi connectivity index (χ0v) is 11.2. The Morgan fingerprint density at radius 1 is 0.857 bits per heavy atom. The summed E-state index contributed by atoms with van der Waals surface area (Å²) in [5, 5.41) is 2.70. The molecule has 0 fully saturated rings. The van der Waals surface area contributed by atoms with E-state index in [0.29, 0.717) is 11.4 Å². The van der Waals surface area contributed by atoms with Crippen LogP contribution in [0, 0.1) is 0 Å². The van der Waals surface area contributed by atoms with Crippen LogP contribution in [-0.2, 0) is 0 Å². The number of carbonyl (C=O) groups is 1. The zero-order valence-electron chi connectivity index (χ0n) is 11.2. The number of rotatable bonds is 3. The van der Waals surface area contributed by atoms with Gasteiger partial charge in [-0.3, -0.25) is 9.78 Å². The van der Waals surface area contributed by atoms with Gasteiger partial charge in [-0.1, -0.05) is 42.5 Å². The van der Waals surface area contributed by atoms with E-state index < -0.39 is 0 Å². The number of hydrogen-bond acceptors (Lipinski definition) is 3. The summed E-state index contributed by atoms with van der Waals surface area (Å²) in [4.78, 5) is 20.0. The fourth-order valence-electron chi connectivity index (χ4n) is 2.00. The van der Waals surface area contributed by atoms with E-state index >= 15 is 0 Å². The molecule has 1 aromatic heterocycles. The predicted molar refractivity (Wildman–Crippen MR) is 81.9 cm³/mol. The summed E-state index contributed by atoms with van der Waals surface area (Å²) in [5.74, 6) is 0.241. The largest absolute Gasteiger partial charge is 0.305 e. The van der Waals surface area contributed by atoms with Crippen LogP contribution >= 0.6 is 0 Å². The van der Waals surface area contributed by atoms with Crippen molar-refractivity contribution in [3.8, 4) is 11.1 Å². The van der Waals surface area contributed by atoms with Crippen molar-refractivity contribution in [2.75, 3.05) is 5.32 Å². The molecule has 0 aliphatic rings. The van der Waals surface area contributed by atoms with Gasteiger partial charge in [-0.15, -0.1) is 0 Å². The number of carbonyl (C=O) groups excluding carboxylic acids is 1. The lowest BCUT2D eigenvalue weighted by Gasteiger charge is -2.05. The van der Waals surface area contributed by atoms with Crippen molar-refractivity contribution in [3.63, 3.8) is 0 Å². The lowest BCUT2D eigenvalue weighted by atomic mass is 10.0. The van der Waals surface area contributed by atoms with E-state index in [0.717, 1.165) is 11.1 Å². The quantitative estimate of drug-likeness (QED) is 0.797. The van der Waals surface area contributed by atoms with Crippen molar-refractivity contribution in [1.29, 1.82) is 0 Å². The fraction of sp³-hybridized carbons (Fsp3) is 0. The molecule has 0 atom stereocenters. The molecule has 4 heteroatoms. The maximum atomic E-state index is 12.1. The number of hydrogen-bond donors (Lipinski definition) is 1.